The van der Waals surface area contributed by atoms with Gasteiger partial charge in [0.05, 0.1) is 16.3 Å². The summed E-state index contributed by atoms with van der Waals surface area (Å²) in [6, 6.07) is 3.34. The van der Waals surface area contributed by atoms with Crippen molar-refractivity contribution in [2.45, 2.75) is 6.42 Å². The molecule has 0 aliphatic carbocycles. The molecule has 0 amide bonds. The van der Waals surface area contributed by atoms with E-state index in [1.54, 1.807) is 25.4 Å². The van der Waals surface area contributed by atoms with Gasteiger partial charge < -0.3 is 4.74 Å². The molecular formula is C11H14ClN3O2S. The highest BCUT2D eigenvalue weighted by Crippen LogP contribution is 2.10. The number of aromatic nitrogens is 1. The zero-order valence-corrected chi connectivity index (χ0v) is 11.7. The van der Waals surface area contributed by atoms with Crippen molar-refractivity contribution < 1.29 is 8.95 Å². The van der Waals surface area contributed by atoms with E-state index in [0.29, 0.717) is 28.6 Å². The van der Waals surface area contributed by atoms with Gasteiger partial charge in [-0.15, -0.1) is 0 Å². The molecule has 0 radical (unpaired) electrons. The number of pyridine rings is 1. The van der Waals surface area contributed by atoms with Crippen LogP contribution in [0, 0.1) is 11.5 Å². The molecule has 1 heterocycles. The van der Waals surface area contributed by atoms with E-state index in [9.17, 15) is 4.21 Å². The Bertz CT molecular complexity index is 557. The van der Waals surface area contributed by atoms with Crippen molar-refractivity contribution in [1.29, 1.82) is 5.26 Å². The van der Waals surface area contributed by atoms with Crippen LogP contribution in [0.4, 0.5) is 0 Å². The molecule has 1 unspecified atom stereocenters. The number of nitrogens with one attached hydrogen (secondary N) is 1. The Hall–Kier alpha value is -1.29. The van der Waals surface area contributed by atoms with Crippen LogP contribution in [0.25, 0.3) is 0 Å². The molecule has 0 aliphatic rings. The van der Waals surface area contributed by atoms with Gasteiger partial charge in [-0.2, -0.15) is 5.26 Å². The average molecular weight is 288 g/mol. The lowest BCUT2D eigenvalue weighted by Gasteiger charge is -2.12. The van der Waals surface area contributed by atoms with Crippen molar-refractivity contribution in [3.63, 3.8) is 0 Å². The summed E-state index contributed by atoms with van der Waals surface area (Å²) >= 11 is 5.71. The van der Waals surface area contributed by atoms with E-state index in [1.807, 2.05) is 0 Å². The van der Waals surface area contributed by atoms with E-state index in [0.717, 1.165) is 0 Å². The average Bonchev–Trinajstić information content (AvgIpc) is 2.31. The topological polar surface area (TPSA) is 75.0 Å². The smallest absolute Gasteiger partial charge is 0.188 e. The van der Waals surface area contributed by atoms with Crippen molar-refractivity contribution in [3.05, 3.63) is 29.0 Å². The first kappa shape index (κ1) is 14.8. The molecule has 1 aromatic heterocycles. The van der Waals surface area contributed by atoms with Crippen molar-refractivity contribution in [3.8, 4) is 6.19 Å². The SMILES string of the molecule is COCCC(c1ccc(Cl)nc1)=S(C)(=O)NC#N. The third kappa shape index (κ3) is 3.88. The largest absolute Gasteiger partial charge is 0.384 e. The number of nitrogens with zero attached hydrogens (tertiary/aromatic N) is 2. The molecule has 5 nitrogen and oxygen atoms in total. The molecule has 0 saturated carbocycles. The maximum absolute atomic E-state index is 12.4. The second-order valence-corrected chi connectivity index (χ2v) is 6.36. The molecule has 1 aromatic rings. The van der Waals surface area contributed by atoms with Crippen LogP contribution in [0.1, 0.15) is 12.0 Å². The summed E-state index contributed by atoms with van der Waals surface area (Å²) in [6.07, 6.45) is 5.18. The summed E-state index contributed by atoms with van der Waals surface area (Å²) < 4.78 is 19.7. The Labute approximate surface area is 112 Å². The van der Waals surface area contributed by atoms with Crippen LogP contribution in [0.15, 0.2) is 18.3 Å². The van der Waals surface area contributed by atoms with Crippen LogP contribution in [-0.2, 0) is 14.4 Å². The zero-order chi connectivity index (χ0) is 13.6. The standard InChI is InChI=1S/C11H14ClN3O2S/c1-17-6-5-10(18(2,16)15-8-13)9-3-4-11(12)14-7-9/h3-4,7H,5-6H2,1-2H3,(H,15,16). The normalized spacial score (nSPS) is 13.4. The lowest BCUT2D eigenvalue weighted by atomic mass is 10.2. The summed E-state index contributed by atoms with van der Waals surface area (Å²) in [5.74, 6) is 0. The Morgan fingerprint density at radius 3 is 2.89 bits per heavy atom. The van der Waals surface area contributed by atoms with Crippen LogP contribution >= 0.6 is 11.6 Å². The van der Waals surface area contributed by atoms with Gasteiger partial charge in [-0.1, -0.05) is 11.6 Å². The molecule has 18 heavy (non-hydrogen) atoms. The molecule has 0 aliphatic heterocycles. The number of hydrogen-bond donors (Lipinski definition) is 1. The number of hydrogen-bond acceptors (Lipinski definition) is 4. The number of halogens is 1. The molecule has 1 N–H and O–H groups in total. The monoisotopic (exact) mass is 287 g/mol. The Balaban J connectivity index is 3.26. The second kappa shape index (κ2) is 6.59. The molecule has 1 rings (SSSR count). The fourth-order valence-corrected chi connectivity index (χ4v) is 2.90. The third-order valence-electron chi connectivity index (χ3n) is 2.29. The number of ether oxygens (including phenoxy) is 1. The van der Waals surface area contributed by atoms with Gasteiger partial charge in [0.2, 0.25) is 0 Å². The maximum Gasteiger partial charge on any atom is 0.188 e. The first-order valence-corrected chi connectivity index (χ1v) is 7.47. The lowest BCUT2D eigenvalue weighted by Crippen LogP contribution is -2.26. The van der Waals surface area contributed by atoms with Gasteiger partial charge in [-0.3, -0.25) is 0 Å². The van der Waals surface area contributed by atoms with Crippen LogP contribution < -0.4 is 4.72 Å². The van der Waals surface area contributed by atoms with Gasteiger partial charge in [0.1, 0.15) is 5.15 Å². The fourth-order valence-electron chi connectivity index (χ4n) is 1.45. The molecule has 7 heteroatoms. The predicted octanol–water partition coefficient (Wildman–Crippen LogP) is 1.19. The van der Waals surface area contributed by atoms with Gasteiger partial charge in [0.25, 0.3) is 0 Å². The first-order chi connectivity index (χ1) is 8.51. The van der Waals surface area contributed by atoms with Gasteiger partial charge in [-0.05, 0) is 12.1 Å². The Morgan fingerprint density at radius 2 is 2.39 bits per heavy atom. The van der Waals surface area contributed by atoms with E-state index in [2.05, 4.69) is 9.71 Å². The highest BCUT2D eigenvalue weighted by Gasteiger charge is 2.12. The minimum atomic E-state index is -2.62. The highest BCUT2D eigenvalue weighted by atomic mass is 35.5. The summed E-state index contributed by atoms with van der Waals surface area (Å²) in [5.41, 5.74) is 0.687. The summed E-state index contributed by atoms with van der Waals surface area (Å²) in [5, 5.41) is 9.01. The Morgan fingerprint density at radius 1 is 1.67 bits per heavy atom. The fraction of sp³-hybridized carbons (Fsp3) is 0.364. The van der Waals surface area contributed by atoms with Crippen molar-refractivity contribution in [1.82, 2.24) is 9.71 Å². The van der Waals surface area contributed by atoms with Crippen molar-refractivity contribution in [2.75, 3.05) is 20.0 Å². The lowest BCUT2D eigenvalue weighted by molar-refractivity contribution is 0.208. The molecule has 0 spiro atoms. The number of rotatable bonds is 5. The van der Waals surface area contributed by atoms with Crippen LogP contribution in [0.5, 0.6) is 0 Å². The molecular weight excluding hydrogens is 274 g/mol. The van der Waals surface area contributed by atoms with Gasteiger partial charge in [0, 0.05) is 36.4 Å². The summed E-state index contributed by atoms with van der Waals surface area (Å²) in [4.78, 5) is 4.54. The number of nitriles is 1. The van der Waals surface area contributed by atoms with E-state index < -0.39 is 9.71 Å². The van der Waals surface area contributed by atoms with E-state index in [-0.39, 0.29) is 0 Å². The Kier molecular flexibility index (Phi) is 5.41. The minimum absolute atomic E-state index is 0.362. The molecule has 0 aromatic carbocycles. The van der Waals surface area contributed by atoms with Gasteiger partial charge >= 0.3 is 0 Å². The van der Waals surface area contributed by atoms with Gasteiger partial charge in [0.15, 0.2) is 6.19 Å². The maximum atomic E-state index is 12.4. The van der Waals surface area contributed by atoms with Crippen molar-refractivity contribution in [2.24, 2.45) is 0 Å². The molecule has 98 valence electrons. The van der Waals surface area contributed by atoms with Crippen molar-refractivity contribution >= 4 is 26.2 Å². The molecule has 1 atom stereocenters. The minimum Gasteiger partial charge on any atom is -0.384 e. The zero-order valence-electron chi connectivity index (χ0n) is 10.1. The predicted molar refractivity (Wildman–Crippen MR) is 72.7 cm³/mol. The summed E-state index contributed by atoms with van der Waals surface area (Å²) in [7, 11) is -1.06. The highest BCUT2D eigenvalue weighted by molar-refractivity contribution is 8.00. The van der Waals surface area contributed by atoms with Crippen LogP contribution in [0.2, 0.25) is 5.15 Å². The second-order valence-electron chi connectivity index (χ2n) is 3.59. The van der Waals surface area contributed by atoms with E-state index in [1.165, 1.54) is 12.5 Å². The number of methoxy groups -OCH3 is 1. The molecule has 0 bridgehead atoms. The van der Waals surface area contributed by atoms with E-state index in [4.69, 9.17) is 21.6 Å². The first-order valence-electron chi connectivity index (χ1n) is 5.13. The molecule has 0 saturated heterocycles. The molecule has 0 fully saturated rings. The van der Waals surface area contributed by atoms with E-state index >= 15 is 0 Å². The van der Waals surface area contributed by atoms with Gasteiger partial charge in [-0.25, -0.2) is 13.9 Å². The summed E-state index contributed by atoms with van der Waals surface area (Å²) in [6.45, 7) is 0.413. The third-order valence-corrected chi connectivity index (χ3v) is 4.38. The van der Waals surface area contributed by atoms with Crippen LogP contribution in [0.3, 0.4) is 0 Å². The van der Waals surface area contributed by atoms with Crippen LogP contribution in [-0.4, -0.2) is 34.0 Å². The quantitative estimate of drug-likeness (QED) is 0.290.